The van der Waals surface area contributed by atoms with Gasteiger partial charge in [0.15, 0.2) is 5.82 Å². The molecule has 0 atom stereocenters. The van der Waals surface area contributed by atoms with Gasteiger partial charge in [-0.2, -0.15) is 5.10 Å². The number of nitrogens with one attached hydrogen (secondary N) is 1. The van der Waals surface area contributed by atoms with Crippen molar-refractivity contribution in [2.45, 2.75) is 11.4 Å². The molecule has 0 aliphatic heterocycles. The zero-order chi connectivity index (χ0) is 17.2. The Hall–Kier alpha value is -1.93. The maximum Gasteiger partial charge on any atom is 0.240 e. The van der Waals surface area contributed by atoms with Crippen LogP contribution in [-0.2, 0) is 16.6 Å². The zero-order valence-corrected chi connectivity index (χ0v) is 14.6. The summed E-state index contributed by atoms with van der Waals surface area (Å²) in [6.45, 7) is 0.0611. The van der Waals surface area contributed by atoms with Crippen LogP contribution in [0.3, 0.4) is 0 Å². The third-order valence-corrected chi connectivity index (χ3v) is 5.38. The van der Waals surface area contributed by atoms with E-state index in [9.17, 15) is 8.42 Å². The Morgan fingerprint density at radius 2 is 1.92 bits per heavy atom. The molecule has 1 aromatic carbocycles. The highest BCUT2D eigenvalue weighted by atomic mass is 35.5. The SMILES string of the molecule is O=S(=O)(NCc1cccnc1-n1cccn1)c1ccc(Cl)c(Cl)c1. The number of sulfonamides is 1. The lowest BCUT2D eigenvalue weighted by molar-refractivity contribution is 0.581. The first-order chi connectivity index (χ1) is 11.5. The summed E-state index contributed by atoms with van der Waals surface area (Å²) < 4.78 is 28.9. The summed E-state index contributed by atoms with van der Waals surface area (Å²) >= 11 is 11.7. The molecule has 2 aromatic heterocycles. The maximum atomic E-state index is 12.4. The predicted molar refractivity (Wildman–Crippen MR) is 91.8 cm³/mol. The normalized spacial score (nSPS) is 11.6. The Morgan fingerprint density at radius 1 is 1.08 bits per heavy atom. The van der Waals surface area contributed by atoms with Crippen LogP contribution in [0.4, 0.5) is 0 Å². The fourth-order valence-corrected chi connectivity index (χ4v) is 3.46. The summed E-state index contributed by atoms with van der Waals surface area (Å²) in [7, 11) is -3.73. The highest BCUT2D eigenvalue weighted by Crippen LogP contribution is 2.25. The molecule has 6 nitrogen and oxygen atoms in total. The lowest BCUT2D eigenvalue weighted by Gasteiger charge is -2.10. The van der Waals surface area contributed by atoms with Gasteiger partial charge in [0.25, 0.3) is 0 Å². The smallest absolute Gasteiger partial charge is 0.237 e. The predicted octanol–water partition coefficient (Wildman–Crippen LogP) is 3.05. The minimum Gasteiger partial charge on any atom is -0.237 e. The van der Waals surface area contributed by atoms with Gasteiger partial charge in [-0.25, -0.2) is 22.8 Å². The van der Waals surface area contributed by atoms with E-state index in [1.54, 1.807) is 41.5 Å². The number of rotatable bonds is 5. The standard InChI is InChI=1S/C15H12Cl2N4O2S/c16-13-5-4-12(9-14(13)17)24(22,23)20-10-11-3-1-6-18-15(11)21-8-2-7-19-21/h1-9,20H,10H2. The fourth-order valence-electron chi connectivity index (χ4n) is 2.07. The van der Waals surface area contributed by atoms with Crippen LogP contribution in [0.5, 0.6) is 0 Å². The highest BCUT2D eigenvalue weighted by molar-refractivity contribution is 7.89. The van der Waals surface area contributed by atoms with Crippen LogP contribution in [0.2, 0.25) is 10.0 Å². The van der Waals surface area contributed by atoms with Crippen molar-refractivity contribution in [3.8, 4) is 5.82 Å². The average Bonchev–Trinajstić information content (AvgIpc) is 3.10. The summed E-state index contributed by atoms with van der Waals surface area (Å²) in [4.78, 5) is 4.29. The number of hydrogen-bond donors (Lipinski definition) is 1. The molecule has 24 heavy (non-hydrogen) atoms. The molecular weight excluding hydrogens is 371 g/mol. The first-order valence-electron chi connectivity index (χ1n) is 6.86. The molecule has 3 rings (SSSR count). The molecule has 0 aliphatic rings. The number of pyridine rings is 1. The molecule has 0 spiro atoms. The molecular formula is C15H12Cl2N4O2S. The molecule has 0 unspecified atom stereocenters. The first-order valence-corrected chi connectivity index (χ1v) is 9.10. The van der Waals surface area contributed by atoms with Gasteiger partial charge in [-0.05, 0) is 30.3 Å². The second kappa shape index (κ2) is 6.90. The summed E-state index contributed by atoms with van der Waals surface area (Å²) in [6.07, 6.45) is 4.98. The molecule has 124 valence electrons. The molecule has 9 heteroatoms. The van der Waals surface area contributed by atoms with E-state index in [2.05, 4.69) is 14.8 Å². The molecule has 3 aromatic rings. The Labute approximate surface area is 149 Å². The molecule has 0 fully saturated rings. The van der Waals surface area contributed by atoms with Crippen LogP contribution in [-0.4, -0.2) is 23.2 Å². The van der Waals surface area contributed by atoms with Crippen LogP contribution in [0.15, 0.2) is 59.9 Å². The number of halogens is 2. The van der Waals surface area contributed by atoms with Crippen LogP contribution in [0.25, 0.3) is 5.82 Å². The third kappa shape index (κ3) is 3.59. The van der Waals surface area contributed by atoms with Crippen molar-refractivity contribution in [3.05, 3.63) is 70.6 Å². The van der Waals surface area contributed by atoms with E-state index in [1.807, 2.05) is 0 Å². The van der Waals surface area contributed by atoms with Crippen LogP contribution in [0, 0.1) is 0 Å². The molecule has 0 bridgehead atoms. The maximum absolute atomic E-state index is 12.4. The van der Waals surface area contributed by atoms with Crippen molar-refractivity contribution >= 4 is 33.2 Å². The van der Waals surface area contributed by atoms with Gasteiger partial charge in [-0.3, -0.25) is 0 Å². The zero-order valence-electron chi connectivity index (χ0n) is 12.2. The Kier molecular flexibility index (Phi) is 4.86. The lowest BCUT2D eigenvalue weighted by Crippen LogP contribution is -2.24. The van der Waals surface area contributed by atoms with E-state index in [1.165, 1.54) is 18.2 Å². The van der Waals surface area contributed by atoms with Crippen LogP contribution < -0.4 is 4.72 Å². The van der Waals surface area contributed by atoms with E-state index >= 15 is 0 Å². The number of hydrogen-bond acceptors (Lipinski definition) is 4. The Morgan fingerprint density at radius 3 is 2.62 bits per heavy atom. The van der Waals surface area contributed by atoms with Gasteiger partial charge in [0.05, 0.1) is 14.9 Å². The van der Waals surface area contributed by atoms with Crippen molar-refractivity contribution in [3.63, 3.8) is 0 Å². The third-order valence-electron chi connectivity index (χ3n) is 3.24. The minimum absolute atomic E-state index is 0.0430. The van der Waals surface area contributed by atoms with E-state index in [0.717, 1.165) is 0 Å². The number of benzene rings is 1. The first kappa shape index (κ1) is 16.9. The summed E-state index contributed by atoms with van der Waals surface area (Å²) in [6, 6.07) is 9.42. The number of aromatic nitrogens is 3. The Balaban J connectivity index is 1.84. The number of nitrogens with zero attached hydrogens (tertiary/aromatic N) is 3. The summed E-state index contributed by atoms with van der Waals surface area (Å²) in [5.74, 6) is 0.555. The van der Waals surface area contributed by atoms with Crippen LogP contribution >= 0.6 is 23.2 Å². The van der Waals surface area contributed by atoms with E-state index in [0.29, 0.717) is 16.4 Å². The minimum atomic E-state index is -3.73. The Bertz CT molecular complexity index is 959. The molecule has 0 aliphatic carbocycles. The highest BCUT2D eigenvalue weighted by Gasteiger charge is 2.16. The van der Waals surface area contributed by atoms with Gasteiger partial charge in [-0.1, -0.05) is 29.3 Å². The average molecular weight is 383 g/mol. The molecule has 0 saturated carbocycles. The van der Waals surface area contributed by atoms with Crippen molar-refractivity contribution in [1.82, 2.24) is 19.5 Å². The van der Waals surface area contributed by atoms with Gasteiger partial charge < -0.3 is 0 Å². The molecule has 0 amide bonds. The van der Waals surface area contributed by atoms with Crippen molar-refractivity contribution < 1.29 is 8.42 Å². The molecule has 1 N–H and O–H groups in total. The van der Waals surface area contributed by atoms with Crippen molar-refractivity contribution in [2.75, 3.05) is 0 Å². The monoisotopic (exact) mass is 382 g/mol. The second-order valence-corrected chi connectivity index (χ2v) is 7.42. The molecule has 0 radical (unpaired) electrons. The quantitative estimate of drug-likeness (QED) is 0.735. The summed E-state index contributed by atoms with van der Waals surface area (Å²) in [5.41, 5.74) is 0.685. The van der Waals surface area contributed by atoms with Crippen molar-refractivity contribution in [1.29, 1.82) is 0 Å². The van der Waals surface area contributed by atoms with Gasteiger partial charge >= 0.3 is 0 Å². The molecule has 2 heterocycles. The van der Waals surface area contributed by atoms with E-state index < -0.39 is 10.0 Å². The van der Waals surface area contributed by atoms with Gasteiger partial charge in [0, 0.05) is 30.7 Å². The van der Waals surface area contributed by atoms with E-state index in [4.69, 9.17) is 23.2 Å². The largest absolute Gasteiger partial charge is 0.240 e. The van der Waals surface area contributed by atoms with E-state index in [-0.39, 0.29) is 16.5 Å². The topological polar surface area (TPSA) is 76.9 Å². The van der Waals surface area contributed by atoms with Gasteiger partial charge in [-0.15, -0.1) is 0 Å². The second-order valence-electron chi connectivity index (χ2n) is 4.84. The van der Waals surface area contributed by atoms with Crippen LogP contribution in [0.1, 0.15) is 5.56 Å². The lowest BCUT2D eigenvalue weighted by atomic mass is 10.2. The van der Waals surface area contributed by atoms with Gasteiger partial charge in [0.2, 0.25) is 10.0 Å². The molecule has 0 saturated heterocycles. The van der Waals surface area contributed by atoms with Crippen molar-refractivity contribution in [2.24, 2.45) is 0 Å². The van der Waals surface area contributed by atoms with Gasteiger partial charge in [0.1, 0.15) is 0 Å². The summed E-state index contributed by atoms with van der Waals surface area (Å²) in [5, 5.41) is 4.59. The fraction of sp³-hybridized carbons (Fsp3) is 0.0667.